The molecule has 0 spiro atoms. The molecule has 0 aliphatic rings. The fraction of sp³-hybridized carbons (Fsp3) is 0.214. The van der Waals surface area contributed by atoms with Crippen molar-refractivity contribution >= 4 is 12.6 Å². The molecule has 0 radical (unpaired) electrons. The second kappa shape index (κ2) is 6.96. The zero-order valence-electron chi connectivity index (χ0n) is 11.8. The lowest BCUT2D eigenvalue weighted by Crippen LogP contribution is -2.29. The van der Waals surface area contributed by atoms with Crippen LogP contribution in [0.4, 0.5) is 0 Å². The van der Waals surface area contributed by atoms with Crippen LogP contribution in [-0.2, 0) is 6.61 Å². The molecule has 110 valence electrons. The van der Waals surface area contributed by atoms with E-state index in [9.17, 15) is 0 Å². The molecular formula is C14H16BNO5. The van der Waals surface area contributed by atoms with Crippen LogP contribution in [0.25, 0.3) is 0 Å². The van der Waals surface area contributed by atoms with E-state index in [-0.39, 0.29) is 6.61 Å². The van der Waals surface area contributed by atoms with E-state index in [2.05, 4.69) is 4.98 Å². The average Bonchev–Trinajstić information content (AvgIpc) is 2.52. The summed E-state index contributed by atoms with van der Waals surface area (Å²) in [4.78, 5) is 4.21. The second-order valence-electron chi connectivity index (χ2n) is 4.22. The van der Waals surface area contributed by atoms with Gasteiger partial charge in [-0.05, 0) is 17.6 Å². The summed E-state index contributed by atoms with van der Waals surface area (Å²) >= 11 is 0. The van der Waals surface area contributed by atoms with Crippen molar-refractivity contribution in [2.75, 3.05) is 14.2 Å². The maximum Gasteiger partial charge on any atom is 0.488 e. The number of hydrogen-bond donors (Lipinski definition) is 2. The van der Waals surface area contributed by atoms with Crippen LogP contribution in [0.1, 0.15) is 5.69 Å². The van der Waals surface area contributed by atoms with Gasteiger partial charge in [-0.1, -0.05) is 12.1 Å². The Morgan fingerprint density at radius 3 is 2.33 bits per heavy atom. The van der Waals surface area contributed by atoms with Crippen molar-refractivity contribution < 1.29 is 24.3 Å². The molecule has 7 heteroatoms. The van der Waals surface area contributed by atoms with Gasteiger partial charge in [0.15, 0.2) is 11.5 Å². The van der Waals surface area contributed by atoms with Gasteiger partial charge in [0.05, 0.1) is 14.2 Å². The van der Waals surface area contributed by atoms with Gasteiger partial charge in [0.2, 0.25) is 0 Å². The quantitative estimate of drug-likeness (QED) is 0.747. The normalized spacial score (nSPS) is 10.1. The lowest BCUT2D eigenvalue weighted by molar-refractivity contribution is 0.285. The van der Waals surface area contributed by atoms with Crippen LogP contribution in [-0.4, -0.2) is 36.4 Å². The van der Waals surface area contributed by atoms with Gasteiger partial charge in [0, 0.05) is 12.3 Å². The van der Waals surface area contributed by atoms with Crippen LogP contribution in [0.5, 0.6) is 17.2 Å². The lowest BCUT2D eigenvalue weighted by Gasteiger charge is -2.12. The van der Waals surface area contributed by atoms with E-state index in [1.54, 1.807) is 50.7 Å². The van der Waals surface area contributed by atoms with E-state index in [0.717, 1.165) is 0 Å². The van der Waals surface area contributed by atoms with Crippen molar-refractivity contribution in [2.45, 2.75) is 6.61 Å². The molecule has 0 amide bonds. The fourth-order valence-corrected chi connectivity index (χ4v) is 1.84. The number of aromatic nitrogens is 1. The summed E-state index contributed by atoms with van der Waals surface area (Å²) in [6.07, 6.45) is 1.62. The van der Waals surface area contributed by atoms with E-state index in [1.165, 1.54) is 0 Å². The molecule has 2 aromatic rings. The lowest BCUT2D eigenvalue weighted by atomic mass is 9.80. The van der Waals surface area contributed by atoms with Crippen molar-refractivity contribution in [1.82, 2.24) is 4.98 Å². The SMILES string of the molecule is COc1ccnc(COc2ccc(B(O)O)cc2)c1OC. The summed E-state index contributed by atoms with van der Waals surface area (Å²) < 4.78 is 16.1. The Kier molecular flexibility index (Phi) is 5.02. The summed E-state index contributed by atoms with van der Waals surface area (Å²) in [5.74, 6) is 1.71. The minimum absolute atomic E-state index is 0.210. The number of benzene rings is 1. The monoisotopic (exact) mass is 289 g/mol. The summed E-state index contributed by atoms with van der Waals surface area (Å²) in [7, 11) is 1.61. The second-order valence-corrected chi connectivity index (χ2v) is 4.22. The molecule has 1 heterocycles. The Balaban J connectivity index is 2.09. The molecule has 0 unspecified atom stereocenters. The molecule has 0 aliphatic heterocycles. The Hall–Kier alpha value is -2.25. The highest BCUT2D eigenvalue weighted by Crippen LogP contribution is 2.29. The number of nitrogens with zero attached hydrogens (tertiary/aromatic N) is 1. The van der Waals surface area contributed by atoms with Gasteiger partial charge in [-0.15, -0.1) is 0 Å². The highest BCUT2D eigenvalue weighted by Gasteiger charge is 2.13. The van der Waals surface area contributed by atoms with E-state index in [1.807, 2.05) is 0 Å². The largest absolute Gasteiger partial charge is 0.493 e. The fourth-order valence-electron chi connectivity index (χ4n) is 1.84. The Bertz CT molecular complexity index is 588. The molecule has 1 aromatic carbocycles. The number of methoxy groups -OCH3 is 2. The third-order valence-corrected chi connectivity index (χ3v) is 2.92. The van der Waals surface area contributed by atoms with Gasteiger partial charge in [-0.25, -0.2) is 0 Å². The molecule has 0 saturated heterocycles. The van der Waals surface area contributed by atoms with Crippen molar-refractivity contribution in [3.8, 4) is 17.2 Å². The Morgan fingerprint density at radius 1 is 1.05 bits per heavy atom. The predicted octanol–water partition coefficient (Wildman–Crippen LogP) is 0.358. The zero-order chi connectivity index (χ0) is 15.2. The summed E-state index contributed by atoms with van der Waals surface area (Å²) in [5, 5.41) is 18.0. The molecule has 1 aromatic heterocycles. The summed E-state index contributed by atoms with van der Waals surface area (Å²) in [6, 6.07) is 8.18. The Morgan fingerprint density at radius 2 is 1.76 bits per heavy atom. The topological polar surface area (TPSA) is 81.0 Å². The molecule has 0 fully saturated rings. The van der Waals surface area contributed by atoms with Crippen LogP contribution >= 0.6 is 0 Å². The maximum absolute atomic E-state index is 9.02. The van der Waals surface area contributed by atoms with Crippen LogP contribution in [0, 0.1) is 0 Å². The molecule has 2 N–H and O–H groups in total. The van der Waals surface area contributed by atoms with E-state index in [0.29, 0.717) is 28.4 Å². The highest BCUT2D eigenvalue weighted by molar-refractivity contribution is 6.58. The minimum atomic E-state index is -1.49. The first kappa shape index (κ1) is 15.1. The van der Waals surface area contributed by atoms with Crippen molar-refractivity contribution in [2.24, 2.45) is 0 Å². The van der Waals surface area contributed by atoms with Crippen LogP contribution in [0.2, 0.25) is 0 Å². The smallest absolute Gasteiger partial charge is 0.488 e. The maximum atomic E-state index is 9.02. The third kappa shape index (κ3) is 3.65. The first-order chi connectivity index (χ1) is 10.2. The molecule has 0 aliphatic carbocycles. The Labute approximate surface area is 123 Å². The zero-order valence-corrected chi connectivity index (χ0v) is 11.8. The third-order valence-electron chi connectivity index (χ3n) is 2.92. The molecular weight excluding hydrogens is 273 g/mol. The molecule has 0 saturated carbocycles. The van der Waals surface area contributed by atoms with Gasteiger partial charge in [0.25, 0.3) is 0 Å². The first-order valence-electron chi connectivity index (χ1n) is 6.30. The first-order valence-corrected chi connectivity index (χ1v) is 6.30. The van der Waals surface area contributed by atoms with Crippen LogP contribution in [0.15, 0.2) is 36.5 Å². The standard InChI is InChI=1S/C14H16BNO5/c1-19-13-7-8-16-12(14(13)20-2)9-21-11-5-3-10(4-6-11)15(17)18/h3-8,17-18H,9H2,1-2H3. The highest BCUT2D eigenvalue weighted by atomic mass is 16.5. The van der Waals surface area contributed by atoms with Crippen LogP contribution < -0.4 is 19.7 Å². The van der Waals surface area contributed by atoms with Gasteiger partial charge in [-0.3, -0.25) is 4.98 Å². The average molecular weight is 289 g/mol. The van der Waals surface area contributed by atoms with Gasteiger partial charge >= 0.3 is 7.12 Å². The summed E-state index contributed by atoms with van der Waals surface area (Å²) in [6.45, 7) is 0.210. The predicted molar refractivity (Wildman–Crippen MR) is 77.9 cm³/mol. The van der Waals surface area contributed by atoms with Crippen molar-refractivity contribution in [3.05, 3.63) is 42.2 Å². The number of hydrogen-bond acceptors (Lipinski definition) is 6. The number of pyridine rings is 1. The van der Waals surface area contributed by atoms with Gasteiger partial charge < -0.3 is 24.3 Å². The molecule has 21 heavy (non-hydrogen) atoms. The van der Waals surface area contributed by atoms with Gasteiger partial charge in [0.1, 0.15) is 18.1 Å². The minimum Gasteiger partial charge on any atom is -0.493 e. The molecule has 6 nitrogen and oxygen atoms in total. The van der Waals surface area contributed by atoms with Crippen molar-refractivity contribution in [3.63, 3.8) is 0 Å². The summed E-state index contributed by atoms with van der Waals surface area (Å²) in [5.41, 5.74) is 1.02. The van der Waals surface area contributed by atoms with Crippen LogP contribution in [0.3, 0.4) is 0 Å². The van der Waals surface area contributed by atoms with E-state index >= 15 is 0 Å². The molecule has 2 rings (SSSR count). The van der Waals surface area contributed by atoms with Crippen molar-refractivity contribution in [1.29, 1.82) is 0 Å². The molecule has 0 bridgehead atoms. The van der Waals surface area contributed by atoms with E-state index in [4.69, 9.17) is 24.3 Å². The van der Waals surface area contributed by atoms with E-state index < -0.39 is 7.12 Å². The number of rotatable bonds is 6. The number of ether oxygens (including phenoxy) is 3. The van der Waals surface area contributed by atoms with Gasteiger partial charge in [-0.2, -0.15) is 0 Å². The molecule has 0 atom stereocenters.